The Balaban J connectivity index is 2.23. The zero-order chi connectivity index (χ0) is 12.7. The number of piperidine rings is 1. The smallest absolute Gasteiger partial charge is 0.00448 e. The average Bonchev–Trinajstić information content (AvgIpc) is 2.30. The molecule has 0 unspecified atom stereocenters. The van der Waals surface area contributed by atoms with Gasteiger partial charge < -0.3 is 10.2 Å². The summed E-state index contributed by atoms with van der Waals surface area (Å²) in [5.41, 5.74) is 0.411. The van der Waals surface area contributed by atoms with Crippen molar-refractivity contribution in [2.45, 2.75) is 53.4 Å². The Kier molecular flexibility index (Phi) is 6.50. The van der Waals surface area contributed by atoms with E-state index in [0.29, 0.717) is 5.41 Å². The summed E-state index contributed by atoms with van der Waals surface area (Å²) in [6.07, 6.45) is 5.43. The highest BCUT2D eigenvalue weighted by atomic mass is 15.1. The zero-order valence-electron chi connectivity index (χ0n) is 12.4. The van der Waals surface area contributed by atoms with Crippen molar-refractivity contribution in [1.82, 2.24) is 10.2 Å². The molecular formula is C15H32N2. The molecule has 0 aromatic carbocycles. The Morgan fingerprint density at radius 2 is 1.82 bits per heavy atom. The predicted molar refractivity (Wildman–Crippen MR) is 76.4 cm³/mol. The fourth-order valence-corrected chi connectivity index (χ4v) is 2.82. The van der Waals surface area contributed by atoms with Gasteiger partial charge in [-0.25, -0.2) is 0 Å². The van der Waals surface area contributed by atoms with Crippen LogP contribution in [0, 0.1) is 11.3 Å². The standard InChI is InChI=1S/C15H32N2/c1-5-9-16-12-15(3,4)13-17-10-7-14(6-2)8-11-17/h14,16H,5-13H2,1-4H3. The molecule has 1 rings (SSSR count). The van der Waals surface area contributed by atoms with E-state index < -0.39 is 0 Å². The van der Waals surface area contributed by atoms with Gasteiger partial charge in [0.2, 0.25) is 0 Å². The van der Waals surface area contributed by atoms with E-state index in [-0.39, 0.29) is 0 Å². The van der Waals surface area contributed by atoms with Gasteiger partial charge in [-0.05, 0) is 50.2 Å². The van der Waals surface area contributed by atoms with E-state index in [1.54, 1.807) is 0 Å². The molecule has 0 aromatic heterocycles. The second-order valence-electron chi connectivity index (χ2n) is 6.47. The van der Waals surface area contributed by atoms with Crippen molar-refractivity contribution < 1.29 is 0 Å². The van der Waals surface area contributed by atoms with Crippen LogP contribution >= 0.6 is 0 Å². The van der Waals surface area contributed by atoms with Gasteiger partial charge >= 0.3 is 0 Å². The maximum atomic E-state index is 3.56. The average molecular weight is 240 g/mol. The van der Waals surface area contributed by atoms with Crippen LogP contribution in [-0.2, 0) is 0 Å². The molecule has 0 spiro atoms. The van der Waals surface area contributed by atoms with E-state index in [9.17, 15) is 0 Å². The lowest BCUT2D eigenvalue weighted by Crippen LogP contribution is -2.43. The van der Waals surface area contributed by atoms with E-state index in [2.05, 4.69) is 37.9 Å². The Labute approximate surface area is 108 Å². The molecule has 1 aliphatic rings. The van der Waals surface area contributed by atoms with Gasteiger partial charge in [-0.3, -0.25) is 0 Å². The first-order valence-electron chi connectivity index (χ1n) is 7.50. The zero-order valence-corrected chi connectivity index (χ0v) is 12.4. The maximum Gasteiger partial charge on any atom is 0.00448 e. The monoisotopic (exact) mass is 240 g/mol. The number of hydrogen-bond donors (Lipinski definition) is 1. The van der Waals surface area contributed by atoms with E-state index in [4.69, 9.17) is 0 Å². The van der Waals surface area contributed by atoms with E-state index in [1.165, 1.54) is 45.3 Å². The van der Waals surface area contributed by atoms with Gasteiger partial charge in [0, 0.05) is 13.1 Å². The second-order valence-corrected chi connectivity index (χ2v) is 6.47. The molecular weight excluding hydrogens is 208 g/mol. The van der Waals surface area contributed by atoms with Gasteiger partial charge in [0.25, 0.3) is 0 Å². The minimum Gasteiger partial charge on any atom is -0.316 e. The van der Waals surface area contributed by atoms with Gasteiger partial charge in [-0.2, -0.15) is 0 Å². The van der Waals surface area contributed by atoms with E-state index in [0.717, 1.165) is 19.0 Å². The first kappa shape index (κ1) is 15.0. The number of nitrogens with one attached hydrogen (secondary N) is 1. The quantitative estimate of drug-likeness (QED) is 0.688. The van der Waals surface area contributed by atoms with Gasteiger partial charge in [0.1, 0.15) is 0 Å². The topological polar surface area (TPSA) is 15.3 Å². The Bertz CT molecular complexity index is 193. The molecule has 0 saturated carbocycles. The fraction of sp³-hybridized carbons (Fsp3) is 1.00. The molecule has 0 amide bonds. The molecule has 0 radical (unpaired) electrons. The van der Waals surface area contributed by atoms with Crippen LogP contribution in [0.15, 0.2) is 0 Å². The van der Waals surface area contributed by atoms with Crippen molar-refractivity contribution in [3.8, 4) is 0 Å². The van der Waals surface area contributed by atoms with E-state index in [1.807, 2.05) is 0 Å². The van der Waals surface area contributed by atoms with Crippen LogP contribution in [0.2, 0.25) is 0 Å². The molecule has 1 N–H and O–H groups in total. The summed E-state index contributed by atoms with van der Waals surface area (Å²) in [5.74, 6) is 0.993. The van der Waals surface area contributed by atoms with Crippen molar-refractivity contribution in [1.29, 1.82) is 0 Å². The van der Waals surface area contributed by atoms with Crippen LogP contribution in [0.3, 0.4) is 0 Å². The molecule has 2 heteroatoms. The predicted octanol–water partition coefficient (Wildman–Crippen LogP) is 3.13. The Hall–Kier alpha value is -0.0800. The molecule has 0 bridgehead atoms. The number of rotatable bonds is 7. The lowest BCUT2D eigenvalue weighted by atomic mass is 9.89. The summed E-state index contributed by atoms with van der Waals surface area (Å²) < 4.78 is 0. The van der Waals surface area contributed by atoms with Gasteiger partial charge in [-0.15, -0.1) is 0 Å². The molecule has 102 valence electrons. The largest absolute Gasteiger partial charge is 0.316 e. The number of nitrogens with zero attached hydrogens (tertiary/aromatic N) is 1. The second kappa shape index (κ2) is 7.38. The molecule has 17 heavy (non-hydrogen) atoms. The highest BCUT2D eigenvalue weighted by Gasteiger charge is 2.24. The normalized spacial score (nSPS) is 19.8. The summed E-state index contributed by atoms with van der Waals surface area (Å²) in [4.78, 5) is 2.67. The lowest BCUT2D eigenvalue weighted by Gasteiger charge is -2.37. The number of hydrogen-bond acceptors (Lipinski definition) is 2. The summed E-state index contributed by atoms with van der Waals surface area (Å²) in [6, 6.07) is 0. The first-order valence-corrected chi connectivity index (χ1v) is 7.50. The Morgan fingerprint density at radius 3 is 2.35 bits per heavy atom. The molecule has 1 saturated heterocycles. The van der Waals surface area contributed by atoms with Crippen LogP contribution in [0.5, 0.6) is 0 Å². The Morgan fingerprint density at radius 1 is 1.18 bits per heavy atom. The van der Waals surface area contributed by atoms with E-state index >= 15 is 0 Å². The van der Waals surface area contributed by atoms with Crippen molar-refractivity contribution in [2.24, 2.45) is 11.3 Å². The van der Waals surface area contributed by atoms with Crippen molar-refractivity contribution in [3.05, 3.63) is 0 Å². The third kappa shape index (κ3) is 5.87. The van der Waals surface area contributed by atoms with Gasteiger partial charge in [-0.1, -0.05) is 34.1 Å². The molecule has 0 aromatic rings. The lowest BCUT2D eigenvalue weighted by molar-refractivity contribution is 0.126. The summed E-state index contributed by atoms with van der Waals surface area (Å²) in [6.45, 7) is 15.5. The molecule has 1 aliphatic heterocycles. The third-order valence-electron chi connectivity index (χ3n) is 3.97. The van der Waals surface area contributed by atoms with Crippen molar-refractivity contribution in [3.63, 3.8) is 0 Å². The van der Waals surface area contributed by atoms with Gasteiger partial charge in [0.15, 0.2) is 0 Å². The van der Waals surface area contributed by atoms with Crippen LogP contribution in [0.25, 0.3) is 0 Å². The van der Waals surface area contributed by atoms with Crippen LogP contribution in [0.1, 0.15) is 53.4 Å². The van der Waals surface area contributed by atoms with Crippen molar-refractivity contribution >= 4 is 0 Å². The minimum absolute atomic E-state index is 0.411. The first-order chi connectivity index (χ1) is 8.07. The molecule has 1 heterocycles. The van der Waals surface area contributed by atoms with Crippen LogP contribution in [-0.4, -0.2) is 37.6 Å². The molecule has 1 fully saturated rings. The van der Waals surface area contributed by atoms with Crippen LogP contribution in [0.4, 0.5) is 0 Å². The third-order valence-corrected chi connectivity index (χ3v) is 3.97. The molecule has 0 aliphatic carbocycles. The molecule has 2 nitrogen and oxygen atoms in total. The summed E-state index contributed by atoms with van der Waals surface area (Å²) in [5, 5.41) is 3.56. The number of likely N-dealkylation sites (tertiary alicyclic amines) is 1. The summed E-state index contributed by atoms with van der Waals surface area (Å²) in [7, 11) is 0. The van der Waals surface area contributed by atoms with Crippen molar-refractivity contribution in [2.75, 3.05) is 32.7 Å². The highest BCUT2D eigenvalue weighted by Crippen LogP contribution is 2.23. The minimum atomic E-state index is 0.411. The van der Waals surface area contributed by atoms with Crippen LogP contribution < -0.4 is 5.32 Å². The maximum absolute atomic E-state index is 3.56. The molecule has 0 atom stereocenters. The fourth-order valence-electron chi connectivity index (χ4n) is 2.82. The highest BCUT2D eigenvalue weighted by molar-refractivity contribution is 4.79. The summed E-state index contributed by atoms with van der Waals surface area (Å²) >= 11 is 0. The SMILES string of the molecule is CCCNCC(C)(C)CN1CCC(CC)CC1. The van der Waals surface area contributed by atoms with Gasteiger partial charge in [0.05, 0.1) is 0 Å².